The molecule has 0 aromatic rings. The first-order valence-electron chi connectivity index (χ1n) is 4.68. The van der Waals surface area contributed by atoms with Crippen LogP contribution in [0.1, 0.15) is 26.7 Å². The number of hydrogen-bond donors (Lipinski definition) is 1. The van der Waals surface area contributed by atoms with Crippen LogP contribution in [-0.2, 0) is 9.53 Å². The zero-order valence-corrected chi connectivity index (χ0v) is 7.80. The molecule has 1 fully saturated rings. The average molecular weight is 171 g/mol. The third-order valence-electron chi connectivity index (χ3n) is 2.33. The van der Waals surface area contributed by atoms with Gasteiger partial charge in [-0.1, -0.05) is 6.92 Å². The summed E-state index contributed by atoms with van der Waals surface area (Å²) in [5, 5.41) is 3.29. The summed E-state index contributed by atoms with van der Waals surface area (Å²) in [5.74, 6) is 0.0517. The van der Waals surface area contributed by atoms with E-state index in [4.69, 9.17) is 4.74 Å². The fraction of sp³-hybridized carbons (Fsp3) is 0.889. The Kier molecular flexibility index (Phi) is 3.53. The molecule has 1 aliphatic rings. The maximum absolute atomic E-state index is 11.2. The molecule has 1 unspecified atom stereocenters. The van der Waals surface area contributed by atoms with Gasteiger partial charge in [0.25, 0.3) is 0 Å². The summed E-state index contributed by atoms with van der Waals surface area (Å²) in [5.41, 5.74) is 0. The van der Waals surface area contributed by atoms with Gasteiger partial charge in [-0.3, -0.25) is 4.79 Å². The lowest BCUT2D eigenvalue weighted by Crippen LogP contribution is -2.21. The second-order valence-electron chi connectivity index (χ2n) is 3.20. The summed E-state index contributed by atoms with van der Waals surface area (Å²) in [6, 6.07) is 0.513. The molecule has 1 aliphatic heterocycles. The van der Waals surface area contributed by atoms with E-state index in [1.165, 1.54) is 0 Å². The maximum atomic E-state index is 11.2. The largest absolute Gasteiger partial charge is 0.466 e. The van der Waals surface area contributed by atoms with Gasteiger partial charge in [-0.25, -0.2) is 0 Å². The highest BCUT2D eigenvalue weighted by atomic mass is 16.5. The van der Waals surface area contributed by atoms with Crippen molar-refractivity contribution < 1.29 is 9.53 Å². The molecule has 1 saturated heterocycles. The summed E-state index contributed by atoms with van der Waals surface area (Å²) in [6.07, 6.45) is 2.03. The standard InChI is InChI=1S/C9H17NO2/c1-3-8-5-7(6-10-8)9(11)12-4-2/h7-8,10H,3-6H2,1-2H3/t7-,8?/m0/s1. The summed E-state index contributed by atoms with van der Waals surface area (Å²) in [4.78, 5) is 11.2. The molecule has 0 aromatic carbocycles. The minimum Gasteiger partial charge on any atom is -0.466 e. The van der Waals surface area contributed by atoms with Gasteiger partial charge in [-0.15, -0.1) is 0 Å². The van der Waals surface area contributed by atoms with Crippen LogP contribution in [0.3, 0.4) is 0 Å². The van der Waals surface area contributed by atoms with E-state index in [1.54, 1.807) is 0 Å². The first-order chi connectivity index (χ1) is 5.77. The van der Waals surface area contributed by atoms with E-state index in [9.17, 15) is 4.79 Å². The Morgan fingerprint density at radius 1 is 1.58 bits per heavy atom. The van der Waals surface area contributed by atoms with Crippen LogP contribution in [0.2, 0.25) is 0 Å². The minimum absolute atomic E-state index is 0.0408. The summed E-state index contributed by atoms with van der Waals surface area (Å²) < 4.78 is 4.94. The van der Waals surface area contributed by atoms with E-state index in [-0.39, 0.29) is 11.9 Å². The van der Waals surface area contributed by atoms with E-state index < -0.39 is 0 Å². The molecule has 3 heteroatoms. The quantitative estimate of drug-likeness (QED) is 0.642. The highest BCUT2D eigenvalue weighted by Gasteiger charge is 2.29. The predicted molar refractivity (Wildman–Crippen MR) is 46.8 cm³/mol. The molecule has 70 valence electrons. The highest BCUT2D eigenvalue weighted by molar-refractivity contribution is 5.73. The fourth-order valence-corrected chi connectivity index (χ4v) is 1.57. The van der Waals surface area contributed by atoms with Crippen LogP contribution in [0.5, 0.6) is 0 Å². The molecule has 1 heterocycles. The number of carbonyl (C=O) groups is 1. The Hall–Kier alpha value is -0.570. The lowest BCUT2D eigenvalue weighted by Gasteiger charge is -2.07. The second kappa shape index (κ2) is 4.45. The van der Waals surface area contributed by atoms with Crippen LogP contribution >= 0.6 is 0 Å². The Balaban J connectivity index is 2.31. The lowest BCUT2D eigenvalue weighted by atomic mass is 10.0. The molecular weight excluding hydrogens is 154 g/mol. The number of hydrogen-bond acceptors (Lipinski definition) is 3. The molecule has 2 atom stereocenters. The molecule has 0 aliphatic carbocycles. The van der Waals surface area contributed by atoms with Crippen molar-refractivity contribution in [3.63, 3.8) is 0 Å². The summed E-state index contributed by atoms with van der Waals surface area (Å²) in [7, 11) is 0. The van der Waals surface area contributed by atoms with Crippen molar-refractivity contribution in [2.45, 2.75) is 32.7 Å². The minimum atomic E-state index is -0.0408. The van der Waals surface area contributed by atoms with Gasteiger partial charge in [-0.2, -0.15) is 0 Å². The van der Waals surface area contributed by atoms with E-state index in [2.05, 4.69) is 12.2 Å². The number of nitrogens with one attached hydrogen (secondary N) is 1. The van der Waals surface area contributed by atoms with Crippen LogP contribution in [-0.4, -0.2) is 25.2 Å². The molecule has 1 N–H and O–H groups in total. The molecule has 3 nitrogen and oxygen atoms in total. The van der Waals surface area contributed by atoms with E-state index in [0.717, 1.165) is 19.4 Å². The van der Waals surface area contributed by atoms with Crippen molar-refractivity contribution in [3.05, 3.63) is 0 Å². The van der Waals surface area contributed by atoms with Crippen LogP contribution in [0.15, 0.2) is 0 Å². The Morgan fingerprint density at radius 3 is 2.83 bits per heavy atom. The Labute approximate surface area is 73.5 Å². The predicted octanol–water partition coefficient (Wildman–Crippen LogP) is 0.938. The third kappa shape index (κ3) is 2.21. The van der Waals surface area contributed by atoms with Crippen LogP contribution in [0.4, 0.5) is 0 Å². The van der Waals surface area contributed by atoms with E-state index in [0.29, 0.717) is 12.6 Å². The van der Waals surface area contributed by atoms with Gasteiger partial charge < -0.3 is 10.1 Å². The fourth-order valence-electron chi connectivity index (χ4n) is 1.57. The van der Waals surface area contributed by atoms with Crippen molar-refractivity contribution >= 4 is 5.97 Å². The smallest absolute Gasteiger partial charge is 0.310 e. The first-order valence-corrected chi connectivity index (χ1v) is 4.68. The van der Waals surface area contributed by atoms with Crippen molar-refractivity contribution in [3.8, 4) is 0 Å². The molecule has 0 aromatic heterocycles. The molecule has 0 bridgehead atoms. The number of esters is 1. The number of rotatable bonds is 3. The molecule has 0 saturated carbocycles. The molecule has 0 amide bonds. The molecule has 0 radical (unpaired) electrons. The maximum Gasteiger partial charge on any atom is 0.310 e. The normalized spacial score (nSPS) is 28.8. The van der Waals surface area contributed by atoms with Gasteiger partial charge >= 0.3 is 5.97 Å². The van der Waals surface area contributed by atoms with E-state index >= 15 is 0 Å². The SMILES string of the molecule is CCOC(=O)[C@@H]1CNC(CC)C1. The van der Waals surface area contributed by atoms with E-state index in [1.807, 2.05) is 6.92 Å². The van der Waals surface area contributed by atoms with Crippen LogP contribution < -0.4 is 5.32 Å². The van der Waals surface area contributed by atoms with Crippen molar-refractivity contribution in [2.75, 3.05) is 13.2 Å². The first kappa shape index (κ1) is 9.52. The van der Waals surface area contributed by atoms with Crippen molar-refractivity contribution in [1.82, 2.24) is 5.32 Å². The second-order valence-corrected chi connectivity index (χ2v) is 3.20. The molecule has 12 heavy (non-hydrogen) atoms. The lowest BCUT2D eigenvalue weighted by molar-refractivity contribution is -0.147. The highest BCUT2D eigenvalue weighted by Crippen LogP contribution is 2.17. The van der Waals surface area contributed by atoms with Gasteiger partial charge in [0.1, 0.15) is 0 Å². The Morgan fingerprint density at radius 2 is 2.33 bits per heavy atom. The zero-order valence-electron chi connectivity index (χ0n) is 7.80. The molecule has 0 spiro atoms. The molecular formula is C9H17NO2. The van der Waals surface area contributed by atoms with Gasteiger partial charge in [-0.05, 0) is 19.8 Å². The van der Waals surface area contributed by atoms with Crippen LogP contribution in [0, 0.1) is 5.92 Å². The summed E-state index contributed by atoms with van der Waals surface area (Å²) in [6.45, 7) is 5.26. The molecule has 1 rings (SSSR count). The summed E-state index contributed by atoms with van der Waals surface area (Å²) >= 11 is 0. The van der Waals surface area contributed by atoms with Crippen LogP contribution in [0.25, 0.3) is 0 Å². The zero-order chi connectivity index (χ0) is 8.97. The Bertz CT molecular complexity index is 159. The third-order valence-corrected chi connectivity index (χ3v) is 2.33. The number of carbonyl (C=O) groups excluding carboxylic acids is 1. The number of ether oxygens (including phenoxy) is 1. The van der Waals surface area contributed by atoms with Gasteiger partial charge in [0.15, 0.2) is 0 Å². The van der Waals surface area contributed by atoms with Crippen molar-refractivity contribution in [2.24, 2.45) is 5.92 Å². The topological polar surface area (TPSA) is 38.3 Å². The average Bonchev–Trinajstić information content (AvgIpc) is 2.52. The monoisotopic (exact) mass is 171 g/mol. The van der Waals surface area contributed by atoms with Gasteiger partial charge in [0, 0.05) is 12.6 Å². The van der Waals surface area contributed by atoms with Gasteiger partial charge in [0.2, 0.25) is 0 Å². The van der Waals surface area contributed by atoms with Gasteiger partial charge in [0.05, 0.1) is 12.5 Å². The van der Waals surface area contributed by atoms with Crippen molar-refractivity contribution in [1.29, 1.82) is 0 Å².